The average molecular weight is 329 g/mol. The van der Waals surface area contributed by atoms with Gasteiger partial charge in [0.05, 0.1) is 5.69 Å². The number of nitrogens with zero attached hydrogens (tertiary/aromatic N) is 1. The zero-order chi connectivity index (χ0) is 13.3. The maximum Gasteiger partial charge on any atom is 0.134 e. The lowest BCUT2D eigenvalue weighted by Crippen LogP contribution is -1.99. The maximum absolute atomic E-state index is 13.9. The highest BCUT2D eigenvalue weighted by atomic mass is 79.9. The Kier molecular flexibility index (Phi) is 4.14. The van der Waals surface area contributed by atoms with Crippen LogP contribution in [0.5, 0.6) is 0 Å². The number of thiazole rings is 1. The molecule has 0 saturated carbocycles. The van der Waals surface area contributed by atoms with E-state index in [4.69, 9.17) is 5.73 Å². The molecular formula is C13H14BrFN2S. The van der Waals surface area contributed by atoms with E-state index < -0.39 is 0 Å². The first kappa shape index (κ1) is 13.6. The highest BCUT2D eigenvalue weighted by Gasteiger charge is 2.16. The van der Waals surface area contributed by atoms with E-state index in [-0.39, 0.29) is 5.82 Å². The summed E-state index contributed by atoms with van der Waals surface area (Å²) in [6.45, 7) is 4.58. The van der Waals surface area contributed by atoms with Crippen LogP contribution in [0, 0.1) is 5.82 Å². The summed E-state index contributed by atoms with van der Waals surface area (Å²) in [5.41, 5.74) is 7.22. The minimum Gasteiger partial charge on any atom is -0.326 e. The first-order valence-electron chi connectivity index (χ1n) is 5.68. The molecule has 2 rings (SSSR count). The molecule has 1 aromatic carbocycles. The Morgan fingerprint density at radius 3 is 2.67 bits per heavy atom. The van der Waals surface area contributed by atoms with Gasteiger partial charge in [-0.25, -0.2) is 9.37 Å². The highest BCUT2D eigenvalue weighted by Crippen LogP contribution is 2.33. The summed E-state index contributed by atoms with van der Waals surface area (Å²) in [5, 5.41) is 0.698. The van der Waals surface area contributed by atoms with Crippen molar-refractivity contribution in [2.45, 2.75) is 26.3 Å². The number of benzene rings is 1. The molecule has 0 unspecified atom stereocenters. The molecule has 0 aliphatic rings. The number of halogens is 2. The summed E-state index contributed by atoms with van der Waals surface area (Å²) in [7, 11) is 0. The second-order valence-electron chi connectivity index (χ2n) is 4.31. The molecule has 18 heavy (non-hydrogen) atoms. The van der Waals surface area contributed by atoms with Crippen molar-refractivity contribution >= 4 is 27.3 Å². The second kappa shape index (κ2) is 5.47. The molecule has 0 aliphatic carbocycles. The van der Waals surface area contributed by atoms with Crippen LogP contribution < -0.4 is 5.73 Å². The average Bonchev–Trinajstić information content (AvgIpc) is 2.73. The Bertz CT molecular complexity index is 566. The summed E-state index contributed by atoms with van der Waals surface area (Å²) < 4.78 is 14.6. The topological polar surface area (TPSA) is 38.9 Å². The maximum atomic E-state index is 13.9. The van der Waals surface area contributed by atoms with Crippen LogP contribution in [0.1, 0.15) is 30.3 Å². The fourth-order valence-electron chi connectivity index (χ4n) is 1.74. The lowest BCUT2D eigenvalue weighted by molar-refractivity contribution is 0.630. The summed E-state index contributed by atoms with van der Waals surface area (Å²) in [5.74, 6) is 0.0315. The van der Waals surface area contributed by atoms with Crippen LogP contribution in [0.3, 0.4) is 0 Å². The van der Waals surface area contributed by atoms with E-state index in [0.29, 0.717) is 23.0 Å². The van der Waals surface area contributed by atoms with E-state index in [1.165, 1.54) is 17.4 Å². The Hall–Kier alpha value is -0.780. The monoisotopic (exact) mass is 328 g/mol. The number of hydrogen-bond donors (Lipinski definition) is 1. The Morgan fingerprint density at radius 2 is 2.17 bits per heavy atom. The normalized spacial score (nSPS) is 11.2. The Labute approximate surface area is 118 Å². The van der Waals surface area contributed by atoms with Crippen LogP contribution in [0.4, 0.5) is 4.39 Å². The van der Waals surface area contributed by atoms with Crippen LogP contribution in [0.2, 0.25) is 0 Å². The van der Waals surface area contributed by atoms with E-state index in [9.17, 15) is 4.39 Å². The highest BCUT2D eigenvalue weighted by molar-refractivity contribution is 9.10. The van der Waals surface area contributed by atoms with Crippen LogP contribution in [-0.2, 0) is 6.54 Å². The molecule has 0 spiro atoms. The van der Waals surface area contributed by atoms with Crippen molar-refractivity contribution in [2.75, 3.05) is 0 Å². The van der Waals surface area contributed by atoms with Crippen molar-refractivity contribution in [3.05, 3.63) is 39.1 Å². The van der Waals surface area contributed by atoms with E-state index >= 15 is 0 Å². The van der Waals surface area contributed by atoms with E-state index in [1.807, 2.05) is 6.07 Å². The van der Waals surface area contributed by atoms with Crippen molar-refractivity contribution in [1.29, 1.82) is 0 Å². The molecule has 0 bridgehead atoms. The smallest absolute Gasteiger partial charge is 0.134 e. The van der Waals surface area contributed by atoms with Gasteiger partial charge in [0, 0.05) is 21.5 Å². The molecule has 2 N–H and O–H groups in total. The zero-order valence-electron chi connectivity index (χ0n) is 10.2. The van der Waals surface area contributed by atoms with Gasteiger partial charge < -0.3 is 5.73 Å². The van der Waals surface area contributed by atoms with Crippen molar-refractivity contribution in [1.82, 2.24) is 4.98 Å². The molecule has 5 heteroatoms. The molecular weight excluding hydrogens is 315 g/mol. The van der Waals surface area contributed by atoms with Crippen molar-refractivity contribution in [3.63, 3.8) is 0 Å². The van der Waals surface area contributed by atoms with Gasteiger partial charge in [-0.2, -0.15) is 0 Å². The van der Waals surface area contributed by atoms with Crippen molar-refractivity contribution in [2.24, 2.45) is 5.73 Å². The largest absolute Gasteiger partial charge is 0.326 e. The second-order valence-corrected chi connectivity index (χ2v) is 6.31. The molecule has 0 atom stereocenters. The van der Waals surface area contributed by atoms with E-state index in [2.05, 4.69) is 34.8 Å². The van der Waals surface area contributed by atoms with Gasteiger partial charge >= 0.3 is 0 Å². The molecule has 0 aliphatic heterocycles. The molecule has 0 saturated heterocycles. The lowest BCUT2D eigenvalue weighted by Gasteiger charge is -2.02. The Balaban J connectivity index is 2.51. The molecule has 0 fully saturated rings. The summed E-state index contributed by atoms with van der Waals surface area (Å²) >= 11 is 4.72. The van der Waals surface area contributed by atoms with Crippen molar-refractivity contribution < 1.29 is 4.39 Å². The standard InChI is InChI=1S/C13H14BrFN2S/c1-7(2)12-11(6-16)18-13(17-12)9-4-3-8(14)5-10(9)15/h3-5,7H,6,16H2,1-2H3. The molecule has 1 heterocycles. The first-order chi connectivity index (χ1) is 8.52. The summed E-state index contributed by atoms with van der Waals surface area (Å²) in [4.78, 5) is 5.55. The summed E-state index contributed by atoms with van der Waals surface area (Å²) in [6, 6.07) is 5.01. The number of nitrogens with two attached hydrogens (primary N) is 1. The minimum absolute atomic E-state index is 0.267. The number of rotatable bonds is 3. The number of hydrogen-bond acceptors (Lipinski definition) is 3. The lowest BCUT2D eigenvalue weighted by atomic mass is 10.1. The molecule has 1 aromatic heterocycles. The van der Waals surface area contributed by atoms with Crippen LogP contribution >= 0.6 is 27.3 Å². The fourth-order valence-corrected chi connectivity index (χ4v) is 3.19. The first-order valence-corrected chi connectivity index (χ1v) is 7.29. The van der Waals surface area contributed by atoms with Gasteiger partial charge in [0.1, 0.15) is 10.8 Å². The molecule has 0 radical (unpaired) electrons. The van der Waals surface area contributed by atoms with Crippen molar-refractivity contribution in [3.8, 4) is 10.6 Å². The summed E-state index contributed by atoms with van der Waals surface area (Å²) in [6.07, 6.45) is 0. The predicted molar refractivity (Wildman–Crippen MR) is 77.2 cm³/mol. The fraction of sp³-hybridized carbons (Fsp3) is 0.308. The molecule has 2 aromatic rings. The SMILES string of the molecule is CC(C)c1nc(-c2ccc(Br)cc2F)sc1CN. The molecule has 96 valence electrons. The van der Waals surface area contributed by atoms with Crippen LogP contribution in [-0.4, -0.2) is 4.98 Å². The van der Waals surface area contributed by atoms with Gasteiger partial charge in [-0.05, 0) is 24.1 Å². The van der Waals surface area contributed by atoms with E-state index in [0.717, 1.165) is 15.0 Å². The number of aromatic nitrogens is 1. The van der Waals surface area contributed by atoms with Crippen LogP contribution in [0.25, 0.3) is 10.6 Å². The third-order valence-corrected chi connectivity index (χ3v) is 4.24. The third kappa shape index (κ3) is 2.63. The van der Waals surface area contributed by atoms with Gasteiger partial charge in [0.15, 0.2) is 0 Å². The Morgan fingerprint density at radius 1 is 1.44 bits per heavy atom. The molecule has 2 nitrogen and oxygen atoms in total. The quantitative estimate of drug-likeness (QED) is 0.912. The van der Waals surface area contributed by atoms with E-state index in [1.54, 1.807) is 6.07 Å². The minimum atomic E-state index is -0.267. The third-order valence-electron chi connectivity index (χ3n) is 2.62. The van der Waals surface area contributed by atoms with Gasteiger partial charge in [0.25, 0.3) is 0 Å². The van der Waals surface area contributed by atoms with Gasteiger partial charge in [0.2, 0.25) is 0 Å². The molecule has 0 amide bonds. The zero-order valence-corrected chi connectivity index (χ0v) is 12.6. The predicted octanol–water partition coefficient (Wildman–Crippen LogP) is 4.29. The van der Waals surface area contributed by atoms with Gasteiger partial charge in [-0.1, -0.05) is 29.8 Å². The van der Waals surface area contributed by atoms with Gasteiger partial charge in [-0.15, -0.1) is 11.3 Å². The van der Waals surface area contributed by atoms with Gasteiger partial charge in [-0.3, -0.25) is 0 Å². The van der Waals surface area contributed by atoms with Crippen LogP contribution in [0.15, 0.2) is 22.7 Å².